The quantitative estimate of drug-likeness (QED) is 0.515. The van der Waals surface area contributed by atoms with Crippen LogP contribution in [0.4, 0.5) is 0 Å². The fraction of sp³-hybridized carbons (Fsp3) is 0.565. The largest absolute Gasteiger partial charge is 0.357 e. The van der Waals surface area contributed by atoms with Gasteiger partial charge in [0.1, 0.15) is 5.82 Å². The molecule has 5 nitrogen and oxygen atoms in total. The lowest BCUT2D eigenvalue weighted by Gasteiger charge is -2.42. The minimum Gasteiger partial charge on any atom is -0.357 e. The molecule has 1 atom stereocenters. The summed E-state index contributed by atoms with van der Waals surface area (Å²) in [6.07, 6.45) is 7.91. The van der Waals surface area contributed by atoms with Crippen LogP contribution < -0.4 is 0 Å². The number of hydrogen-bond donors (Lipinski definition) is 0. The maximum absolute atomic E-state index is 4.50. The lowest BCUT2D eigenvalue weighted by atomic mass is 9.77. The van der Waals surface area contributed by atoms with Crippen LogP contribution in [0, 0.1) is 5.41 Å². The molecule has 0 bridgehead atoms. The highest BCUT2D eigenvalue weighted by Gasteiger charge is 2.42. The van der Waals surface area contributed by atoms with Gasteiger partial charge in [0, 0.05) is 32.4 Å². The predicted molar refractivity (Wildman–Crippen MR) is 123 cm³/mol. The minimum atomic E-state index is 0.451. The Hall–Kier alpha value is -1.92. The number of benzene rings is 1. The third kappa shape index (κ3) is 4.05. The molecular formula is C23H33N5S. The van der Waals surface area contributed by atoms with Gasteiger partial charge in [0.05, 0.1) is 15.7 Å². The Morgan fingerprint density at radius 2 is 2.00 bits per heavy atom. The number of nitrogens with zero attached hydrogens (tertiary/aromatic N) is 5. The van der Waals surface area contributed by atoms with E-state index in [-0.39, 0.29) is 0 Å². The molecule has 2 saturated heterocycles. The molecule has 0 saturated carbocycles. The fourth-order valence-electron chi connectivity index (χ4n) is 5.08. The van der Waals surface area contributed by atoms with Gasteiger partial charge in [-0.2, -0.15) is 5.10 Å². The summed E-state index contributed by atoms with van der Waals surface area (Å²) in [7, 11) is 2.05. The van der Waals surface area contributed by atoms with Crippen molar-refractivity contribution < 1.29 is 0 Å². The number of hydrazone groups is 1. The molecule has 1 aromatic carbocycles. The number of fused-ring (bicyclic) bond motifs is 1. The minimum absolute atomic E-state index is 0.451. The van der Waals surface area contributed by atoms with E-state index in [1.54, 1.807) is 11.3 Å². The van der Waals surface area contributed by atoms with Crippen LogP contribution in [-0.4, -0.2) is 59.2 Å². The number of likely N-dealkylation sites (tertiary alicyclic amines) is 2. The summed E-state index contributed by atoms with van der Waals surface area (Å²) >= 11 is 1.72. The first-order valence-corrected chi connectivity index (χ1v) is 11.6. The molecule has 0 amide bonds. The number of rotatable bonds is 5. The summed E-state index contributed by atoms with van der Waals surface area (Å²) < 4.78 is 1.28. The molecule has 3 heterocycles. The maximum atomic E-state index is 4.50. The van der Waals surface area contributed by atoms with Crippen LogP contribution in [0.1, 0.15) is 51.6 Å². The second-order valence-corrected chi connectivity index (χ2v) is 9.39. The van der Waals surface area contributed by atoms with Crippen molar-refractivity contribution in [3.05, 3.63) is 41.2 Å². The van der Waals surface area contributed by atoms with E-state index in [1.807, 2.05) is 30.7 Å². The van der Waals surface area contributed by atoms with Gasteiger partial charge in [-0.3, -0.25) is 9.91 Å². The third-order valence-electron chi connectivity index (χ3n) is 6.88. The molecule has 2 aromatic rings. The summed E-state index contributed by atoms with van der Waals surface area (Å²) in [4.78, 5) is 9.69. The van der Waals surface area contributed by atoms with Gasteiger partial charge in [-0.25, -0.2) is 4.98 Å². The molecule has 6 heteroatoms. The van der Waals surface area contributed by atoms with Gasteiger partial charge >= 0.3 is 0 Å². The Bertz CT molecular complexity index is 894. The van der Waals surface area contributed by atoms with Crippen molar-refractivity contribution in [3.63, 3.8) is 0 Å². The molecule has 0 aliphatic carbocycles. The van der Waals surface area contributed by atoms with E-state index in [0.29, 0.717) is 11.5 Å². The Balaban J connectivity index is 1.39. The molecule has 2 aliphatic rings. The van der Waals surface area contributed by atoms with Gasteiger partial charge in [-0.05, 0) is 82.3 Å². The molecular weight excluding hydrogens is 378 g/mol. The van der Waals surface area contributed by atoms with Crippen molar-refractivity contribution in [2.45, 2.75) is 46.1 Å². The second kappa shape index (κ2) is 8.44. The molecule has 0 radical (unpaired) electrons. The van der Waals surface area contributed by atoms with Gasteiger partial charge in [-0.1, -0.05) is 6.07 Å². The van der Waals surface area contributed by atoms with Gasteiger partial charge < -0.3 is 4.90 Å². The second-order valence-electron chi connectivity index (χ2n) is 8.51. The average Bonchev–Trinajstić information content (AvgIpc) is 3.36. The van der Waals surface area contributed by atoms with Crippen LogP contribution in [0.5, 0.6) is 0 Å². The fourth-order valence-corrected chi connectivity index (χ4v) is 5.74. The standard InChI is InChI=1S/C23H33N5S/c1-5-22(26(4)25-6-2)28-14-11-23(16-28)9-12-27(13-10-23)18(3)19-7-8-21-20(15-19)24-17-29-21/h5-8,15,17-18H,9-14,16H2,1-4H3/b22-5+,25-6-. The number of allylic oxidation sites excluding steroid dienone is 1. The van der Waals surface area contributed by atoms with E-state index in [0.717, 1.165) is 18.6 Å². The van der Waals surface area contributed by atoms with Crippen molar-refractivity contribution in [2.75, 3.05) is 33.2 Å². The van der Waals surface area contributed by atoms with Gasteiger partial charge in [0.2, 0.25) is 0 Å². The molecule has 2 fully saturated rings. The maximum Gasteiger partial charge on any atom is 0.120 e. The third-order valence-corrected chi connectivity index (χ3v) is 7.69. The monoisotopic (exact) mass is 411 g/mol. The van der Waals surface area contributed by atoms with Crippen molar-refractivity contribution in [3.8, 4) is 0 Å². The smallest absolute Gasteiger partial charge is 0.120 e. The van der Waals surface area contributed by atoms with Crippen molar-refractivity contribution in [2.24, 2.45) is 10.5 Å². The first-order chi connectivity index (χ1) is 14.0. The van der Waals surface area contributed by atoms with E-state index in [2.05, 4.69) is 58.0 Å². The summed E-state index contributed by atoms with van der Waals surface area (Å²) in [5, 5.41) is 6.45. The summed E-state index contributed by atoms with van der Waals surface area (Å²) in [6.45, 7) is 11.1. The van der Waals surface area contributed by atoms with Gasteiger partial charge in [0.15, 0.2) is 0 Å². The Morgan fingerprint density at radius 3 is 2.72 bits per heavy atom. The highest BCUT2D eigenvalue weighted by molar-refractivity contribution is 7.16. The summed E-state index contributed by atoms with van der Waals surface area (Å²) in [5.41, 5.74) is 4.93. The normalized spacial score (nSPS) is 21.5. The molecule has 156 valence electrons. The first kappa shape index (κ1) is 20.4. The molecule has 1 aromatic heterocycles. The molecule has 29 heavy (non-hydrogen) atoms. The topological polar surface area (TPSA) is 35.0 Å². The van der Waals surface area contributed by atoms with Crippen LogP contribution in [0.3, 0.4) is 0 Å². The van der Waals surface area contributed by atoms with E-state index < -0.39 is 0 Å². The lowest BCUT2D eigenvalue weighted by Crippen LogP contribution is -2.42. The summed E-state index contributed by atoms with van der Waals surface area (Å²) in [5.74, 6) is 1.23. The highest BCUT2D eigenvalue weighted by atomic mass is 32.1. The molecule has 1 unspecified atom stereocenters. The van der Waals surface area contributed by atoms with E-state index in [9.17, 15) is 0 Å². The van der Waals surface area contributed by atoms with E-state index >= 15 is 0 Å². The number of thiazole rings is 1. The van der Waals surface area contributed by atoms with Crippen LogP contribution >= 0.6 is 11.3 Å². The van der Waals surface area contributed by atoms with Crippen LogP contribution in [0.15, 0.2) is 40.7 Å². The Morgan fingerprint density at radius 1 is 1.24 bits per heavy atom. The van der Waals surface area contributed by atoms with Crippen LogP contribution in [-0.2, 0) is 0 Å². The highest BCUT2D eigenvalue weighted by Crippen LogP contribution is 2.43. The zero-order chi connectivity index (χ0) is 20.4. The van der Waals surface area contributed by atoms with Crippen molar-refractivity contribution in [1.82, 2.24) is 19.8 Å². The zero-order valence-electron chi connectivity index (χ0n) is 18.1. The van der Waals surface area contributed by atoms with E-state index in [4.69, 9.17) is 0 Å². The average molecular weight is 412 g/mol. The summed E-state index contributed by atoms with van der Waals surface area (Å²) in [6, 6.07) is 7.25. The molecule has 2 aliphatic heterocycles. The lowest BCUT2D eigenvalue weighted by molar-refractivity contribution is 0.0816. The number of hydrogen-bond acceptors (Lipinski definition) is 6. The zero-order valence-corrected chi connectivity index (χ0v) is 19.0. The van der Waals surface area contributed by atoms with E-state index in [1.165, 1.54) is 48.4 Å². The van der Waals surface area contributed by atoms with Crippen LogP contribution in [0.2, 0.25) is 0 Å². The van der Waals surface area contributed by atoms with Crippen molar-refractivity contribution in [1.29, 1.82) is 0 Å². The number of aromatic nitrogens is 1. The Kier molecular flexibility index (Phi) is 5.93. The molecule has 4 rings (SSSR count). The van der Waals surface area contributed by atoms with Gasteiger partial charge in [0.25, 0.3) is 0 Å². The SMILES string of the molecule is C/C=N\N(C)/C(=C\C)N1CCC2(CCN(C(C)c3ccc4scnc4c3)CC2)C1. The molecule has 1 spiro atoms. The number of piperidine rings is 1. The Labute approximate surface area is 178 Å². The molecule has 0 N–H and O–H groups in total. The van der Waals surface area contributed by atoms with Crippen molar-refractivity contribution >= 4 is 27.8 Å². The van der Waals surface area contributed by atoms with Gasteiger partial charge in [-0.15, -0.1) is 11.3 Å². The van der Waals surface area contributed by atoms with Crippen LogP contribution in [0.25, 0.3) is 10.2 Å². The first-order valence-electron chi connectivity index (χ1n) is 10.8. The predicted octanol–water partition coefficient (Wildman–Crippen LogP) is 4.94.